The molecule has 2 fully saturated rings. The van der Waals surface area contributed by atoms with E-state index in [4.69, 9.17) is 4.74 Å². The largest absolute Gasteiger partial charge is 0.466 e. The molecule has 0 aromatic heterocycles. The Balaban J connectivity index is 1.92. The van der Waals surface area contributed by atoms with Crippen molar-refractivity contribution < 1.29 is 24.5 Å². The van der Waals surface area contributed by atoms with E-state index in [9.17, 15) is 19.8 Å². The lowest BCUT2D eigenvalue weighted by Crippen LogP contribution is -2.52. The van der Waals surface area contributed by atoms with E-state index >= 15 is 0 Å². The number of hydrogen-bond donors (Lipinski definition) is 2. The first-order valence-corrected chi connectivity index (χ1v) is 13.3. The van der Waals surface area contributed by atoms with Crippen LogP contribution in [-0.2, 0) is 14.3 Å². The van der Waals surface area contributed by atoms with Gasteiger partial charge in [0.25, 0.3) is 0 Å². The van der Waals surface area contributed by atoms with E-state index in [-0.39, 0.29) is 29.0 Å². The summed E-state index contributed by atoms with van der Waals surface area (Å²) in [4.78, 5) is 25.4. The maximum atomic E-state index is 14.0. The van der Waals surface area contributed by atoms with Crippen molar-refractivity contribution in [1.82, 2.24) is 0 Å². The normalized spacial score (nSPS) is 39.3. The second-order valence-corrected chi connectivity index (χ2v) is 12.1. The lowest BCUT2D eigenvalue weighted by atomic mass is 9.55. The Morgan fingerprint density at radius 3 is 2.56 bits per heavy atom. The first kappa shape index (κ1) is 27.1. The van der Waals surface area contributed by atoms with Crippen molar-refractivity contribution >= 4 is 11.8 Å². The van der Waals surface area contributed by atoms with Gasteiger partial charge in [0, 0.05) is 18.3 Å². The number of rotatable bonds is 8. The minimum Gasteiger partial charge on any atom is -0.466 e. The second-order valence-electron chi connectivity index (χ2n) is 12.1. The van der Waals surface area contributed by atoms with E-state index < -0.39 is 17.6 Å². The van der Waals surface area contributed by atoms with Gasteiger partial charge in [-0.1, -0.05) is 46.8 Å². The molecule has 2 N–H and O–H groups in total. The van der Waals surface area contributed by atoms with Crippen LogP contribution in [0, 0.1) is 40.4 Å². The summed E-state index contributed by atoms with van der Waals surface area (Å²) in [5.41, 5.74) is -0.0652. The number of ketones is 1. The van der Waals surface area contributed by atoms with E-state index in [2.05, 4.69) is 39.8 Å². The van der Waals surface area contributed by atoms with Gasteiger partial charge in [-0.25, -0.2) is 0 Å². The van der Waals surface area contributed by atoms with Crippen molar-refractivity contribution in [2.75, 3.05) is 6.61 Å². The molecule has 5 nitrogen and oxygen atoms in total. The standard InChI is InChI=1S/C29H46O5/c1-18(2)8-7-9-19(3)23-10-11-24(28(23,5)14-15-34-20(4)30)22-17-26(32)25-16-21(31)12-13-29(25,6)27(22)33/h7,9,17-19,21,23-26,31-32H,8,10-16H2,1-6H3/b9-7+/t19-,21+,23-,24+,25-,26+,28-,29+/m1/s1. The molecule has 0 amide bonds. The summed E-state index contributed by atoms with van der Waals surface area (Å²) in [6.45, 7) is 12.7. The zero-order valence-electron chi connectivity index (χ0n) is 22.0. The number of Topliss-reactive ketones (excluding diaryl/α,β-unsaturated/α-hetero) is 1. The number of allylic oxidation sites excluding steroid dienone is 3. The summed E-state index contributed by atoms with van der Waals surface area (Å²) in [5.74, 6) is 1.01. The highest BCUT2D eigenvalue weighted by atomic mass is 16.5. The Hall–Kier alpha value is -1.46. The quantitative estimate of drug-likeness (QED) is 0.371. The zero-order valence-corrected chi connectivity index (χ0v) is 22.0. The number of esters is 1. The first-order valence-electron chi connectivity index (χ1n) is 13.3. The van der Waals surface area contributed by atoms with E-state index in [1.54, 1.807) is 0 Å². The van der Waals surface area contributed by atoms with Gasteiger partial charge >= 0.3 is 5.97 Å². The molecule has 0 unspecified atom stereocenters. The zero-order chi connectivity index (χ0) is 25.3. The molecule has 0 spiro atoms. The number of aliphatic hydroxyl groups excluding tert-OH is 2. The topological polar surface area (TPSA) is 83.8 Å². The molecule has 0 saturated heterocycles. The van der Waals surface area contributed by atoms with Gasteiger partial charge in [0.15, 0.2) is 5.78 Å². The fourth-order valence-corrected chi connectivity index (χ4v) is 7.21. The van der Waals surface area contributed by atoms with Crippen LogP contribution in [0.4, 0.5) is 0 Å². The minimum absolute atomic E-state index is 0.0285. The smallest absolute Gasteiger partial charge is 0.302 e. The number of ether oxygens (including phenoxy) is 1. The predicted molar refractivity (Wildman–Crippen MR) is 134 cm³/mol. The van der Waals surface area contributed by atoms with E-state index in [1.165, 1.54) is 6.92 Å². The van der Waals surface area contributed by atoms with Crippen LogP contribution < -0.4 is 0 Å². The molecule has 3 rings (SSSR count). The highest BCUT2D eigenvalue weighted by Crippen LogP contribution is 2.59. The third kappa shape index (κ3) is 5.36. The van der Waals surface area contributed by atoms with Gasteiger partial charge in [-0.05, 0) is 85.7 Å². The summed E-state index contributed by atoms with van der Waals surface area (Å²) >= 11 is 0. The lowest BCUT2D eigenvalue weighted by molar-refractivity contribution is -0.143. The van der Waals surface area contributed by atoms with Crippen LogP contribution in [0.1, 0.15) is 86.5 Å². The average molecular weight is 475 g/mol. The highest BCUT2D eigenvalue weighted by Gasteiger charge is 2.56. The van der Waals surface area contributed by atoms with Gasteiger partial charge in [0.1, 0.15) is 0 Å². The summed E-state index contributed by atoms with van der Waals surface area (Å²) in [7, 11) is 0. The molecule has 0 bridgehead atoms. The van der Waals surface area contributed by atoms with Gasteiger partial charge in [-0.15, -0.1) is 0 Å². The molecule has 8 atom stereocenters. The molecule has 192 valence electrons. The third-order valence-corrected chi connectivity index (χ3v) is 9.30. The SMILES string of the molecule is CC(=O)OCC[C@]1(C)[C@@H]([C@H](C)/C=C/CC(C)C)CC[C@H]1C1=C[C@H](O)[C@H]2C[C@@H](O)CC[C@]2(C)C1=O. The van der Waals surface area contributed by atoms with Crippen molar-refractivity contribution in [2.24, 2.45) is 40.4 Å². The molecule has 0 radical (unpaired) electrons. The number of carbonyl (C=O) groups is 2. The van der Waals surface area contributed by atoms with Crippen LogP contribution in [0.15, 0.2) is 23.8 Å². The Bertz CT molecular complexity index is 813. The predicted octanol–water partition coefficient (Wildman–Crippen LogP) is 5.25. The number of fused-ring (bicyclic) bond motifs is 1. The van der Waals surface area contributed by atoms with Crippen LogP contribution in [0.25, 0.3) is 0 Å². The van der Waals surface area contributed by atoms with Crippen molar-refractivity contribution in [3.8, 4) is 0 Å². The van der Waals surface area contributed by atoms with Gasteiger partial charge in [-0.3, -0.25) is 9.59 Å². The molecule has 0 aliphatic heterocycles. The van der Waals surface area contributed by atoms with Crippen LogP contribution in [-0.4, -0.2) is 40.8 Å². The Morgan fingerprint density at radius 2 is 1.91 bits per heavy atom. The second kappa shape index (κ2) is 10.7. The van der Waals surface area contributed by atoms with Crippen LogP contribution in [0.2, 0.25) is 0 Å². The van der Waals surface area contributed by atoms with Crippen molar-refractivity contribution in [3.05, 3.63) is 23.8 Å². The molecule has 2 saturated carbocycles. The first-order chi connectivity index (χ1) is 15.9. The number of aliphatic hydroxyl groups is 2. The minimum atomic E-state index is -0.715. The van der Waals surface area contributed by atoms with Gasteiger partial charge in [-0.2, -0.15) is 0 Å². The van der Waals surface area contributed by atoms with Gasteiger partial charge in [0.05, 0.1) is 18.8 Å². The molecular formula is C29H46O5. The van der Waals surface area contributed by atoms with Gasteiger partial charge in [0.2, 0.25) is 0 Å². The Morgan fingerprint density at radius 1 is 1.21 bits per heavy atom. The molecular weight excluding hydrogens is 428 g/mol. The summed E-state index contributed by atoms with van der Waals surface area (Å²) in [6.07, 6.45) is 10.6. The van der Waals surface area contributed by atoms with E-state index in [1.807, 2.05) is 13.0 Å². The molecule has 3 aliphatic rings. The third-order valence-electron chi connectivity index (χ3n) is 9.30. The Kier molecular flexibility index (Phi) is 8.50. The van der Waals surface area contributed by atoms with E-state index in [0.717, 1.165) is 24.8 Å². The summed E-state index contributed by atoms with van der Waals surface area (Å²) in [6, 6.07) is 0. The number of hydrogen-bond acceptors (Lipinski definition) is 5. The molecule has 5 heteroatoms. The maximum Gasteiger partial charge on any atom is 0.302 e. The van der Waals surface area contributed by atoms with Crippen molar-refractivity contribution in [3.63, 3.8) is 0 Å². The monoisotopic (exact) mass is 474 g/mol. The van der Waals surface area contributed by atoms with Crippen molar-refractivity contribution in [2.45, 2.75) is 98.7 Å². The van der Waals surface area contributed by atoms with Gasteiger partial charge < -0.3 is 14.9 Å². The highest BCUT2D eigenvalue weighted by molar-refractivity contribution is 6.01. The summed E-state index contributed by atoms with van der Waals surface area (Å²) in [5, 5.41) is 21.3. The average Bonchev–Trinajstić information content (AvgIpc) is 3.08. The van der Waals surface area contributed by atoms with Crippen molar-refractivity contribution in [1.29, 1.82) is 0 Å². The summed E-state index contributed by atoms with van der Waals surface area (Å²) < 4.78 is 5.37. The number of carbonyl (C=O) groups excluding carboxylic acids is 2. The van der Waals surface area contributed by atoms with E-state index in [0.29, 0.717) is 50.0 Å². The lowest BCUT2D eigenvalue weighted by Gasteiger charge is -2.49. The Labute approximate surface area is 206 Å². The maximum absolute atomic E-state index is 14.0. The fourth-order valence-electron chi connectivity index (χ4n) is 7.21. The molecule has 0 heterocycles. The van der Waals surface area contributed by atoms with Crippen LogP contribution >= 0.6 is 0 Å². The molecule has 3 aliphatic carbocycles. The van der Waals surface area contributed by atoms with Crippen LogP contribution in [0.5, 0.6) is 0 Å². The molecule has 34 heavy (non-hydrogen) atoms. The van der Waals surface area contributed by atoms with Crippen LogP contribution in [0.3, 0.4) is 0 Å². The molecule has 0 aromatic carbocycles. The fraction of sp³-hybridized carbons (Fsp3) is 0.793. The molecule has 0 aromatic rings.